The Morgan fingerprint density at radius 1 is 1.13 bits per heavy atom. The molecule has 3 N–H and O–H groups in total. The highest BCUT2D eigenvalue weighted by Gasteiger charge is 2.46. The van der Waals surface area contributed by atoms with Crippen molar-refractivity contribution >= 4 is 17.9 Å². The number of aliphatic carboxylic acids is 3. The molecule has 6 heteroatoms. The summed E-state index contributed by atoms with van der Waals surface area (Å²) >= 11 is 0. The summed E-state index contributed by atoms with van der Waals surface area (Å²) in [6.07, 6.45) is 2.75. The Labute approximate surface area is 84.1 Å². The standard InChI is InChI=1S/C9H8O6/c10-6(11)5-2-1-3-9(4-5,7(12)13)8(14)15/h1-3H,4H2,(H,10,11)(H,12,13)(H,14,15). The van der Waals surface area contributed by atoms with E-state index in [2.05, 4.69) is 0 Å². The predicted octanol–water partition coefficient (Wildman–Crippen LogP) is 0.113. The number of rotatable bonds is 3. The molecule has 0 spiro atoms. The van der Waals surface area contributed by atoms with Gasteiger partial charge in [-0.05, 0) is 0 Å². The van der Waals surface area contributed by atoms with E-state index in [0.29, 0.717) is 0 Å². The van der Waals surface area contributed by atoms with E-state index in [1.807, 2.05) is 0 Å². The van der Waals surface area contributed by atoms with Gasteiger partial charge in [-0.1, -0.05) is 18.2 Å². The van der Waals surface area contributed by atoms with Gasteiger partial charge in [0.15, 0.2) is 5.41 Å². The molecular formula is C9H8O6. The van der Waals surface area contributed by atoms with Gasteiger partial charge >= 0.3 is 17.9 Å². The smallest absolute Gasteiger partial charge is 0.331 e. The molecule has 0 fully saturated rings. The average molecular weight is 212 g/mol. The summed E-state index contributed by atoms with van der Waals surface area (Å²) < 4.78 is 0. The predicted molar refractivity (Wildman–Crippen MR) is 47.2 cm³/mol. The van der Waals surface area contributed by atoms with Crippen LogP contribution in [0.15, 0.2) is 23.8 Å². The largest absolute Gasteiger partial charge is 0.480 e. The molecule has 0 amide bonds. The SMILES string of the molecule is O=C(O)C1=CC=CC(C(=O)O)(C(=O)O)C1. The Balaban J connectivity index is 3.14. The Kier molecular flexibility index (Phi) is 2.61. The van der Waals surface area contributed by atoms with Gasteiger partial charge < -0.3 is 15.3 Å². The van der Waals surface area contributed by atoms with Crippen LogP contribution in [0.2, 0.25) is 0 Å². The summed E-state index contributed by atoms with van der Waals surface area (Å²) in [5.74, 6) is -4.46. The molecule has 0 aromatic rings. The van der Waals surface area contributed by atoms with Crippen LogP contribution in [0.5, 0.6) is 0 Å². The number of carbonyl (C=O) groups is 3. The van der Waals surface area contributed by atoms with Gasteiger partial charge in [0, 0.05) is 12.0 Å². The van der Waals surface area contributed by atoms with E-state index >= 15 is 0 Å². The first-order valence-corrected chi connectivity index (χ1v) is 3.98. The average Bonchev–Trinajstić information content (AvgIpc) is 2.17. The highest BCUT2D eigenvalue weighted by atomic mass is 16.4. The molecule has 1 aliphatic carbocycles. The van der Waals surface area contributed by atoms with Crippen LogP contribution < -0.4 is 0 Å². The van der Waals surface area contributed by atoms with Crippen LogP contribution in [-0.4, -0.2) is 33.2 Å². The van der Waals surface area contributed by atoms with E-state index in [0.717, 1.165) is 12.2 Å². The Morgan fingerprint density at radius 2 is 1.67 bits per heavy atom. The zero-order chi connectivity index (χ0) is 11.6. The molecule has 0 unspecified atom stereocenters. The van der Waals surface area contributed by atoms with Gasteiger partial charge in [0.05, 0.1) is 0 Å². The highest BCUT2D eigenvalue weighted by molar-refractivity contribution is 6.03. The summed E-state index contributed by atoms with van der Waals surface area (Å²) in [6, 6.07) is 0. The molecule has 0 saturated carbocycles. The molecule has 1 aliphatic rings. The van der Waals surface area contributed by atoms with Gasteiger partial charge in [-0.15, -0.1) is 0 Å². The van der Waals surface area contributed by atoms with Gasteiger partial charge in [0.25, 0.3) is 0 Å². The van der Waals surface area contributed by atoms with E-state index in [4.69, 9.17) is 15.3 Å². The number of hydrogen-bond acceptors (Lipinski definition) is 3. The van der Waals surface area contributed by atoms with E-state index in [1.54, 1.807) is 0 Å². The highest BCUT2D eigenvalue weighted by Crippen LogP contribution is 2.32. The van der Waals surface area contributed by atoms with Gasteiger partial charge in [-0.2, -0.15) is 0 Å². The minimum absolute atomic E-state index is 0.234. The van der Waals surface area contributed by atoms with Crippen molar-refractivity contribution in [3.63, 3.8) is 0 Å². The lowest BCUT2D eigenvalue weighted by molar-refractivity contribution is -0.160. The molecule has 0 aromatic carbocycles. The molecule has 0 heterocycles. The van der Waals surface area contributed by atoms with Gasteiger partial charge in [0.1, 0.15) is 0 Å². The lowest BCUT2D eigenvalue weighted by Crippen LogP contribution is -2.39. The molecule has 0 aliphatic heterocycles. The summed E-state index contributed by atoms with van der Waals surface area (Å²) in [5, 5.41) is 26.3. The van der Waals surface area contributed by atoms with E-state index in [1.165, 1.54) is 6.08 Å². The third-order valence-electron chi connectivity index (χ3n) is 2.19. The summed E-state index contributed by atoms with van der Waals surface area (Å²) in [5.41, 5.74) is -2.40. The Hall–Kier alpha value is -2.11. The van der Waals surface area contributed by atoms with E-state index < -0.39 is 29.7 Å². The fraction of sp³-hybridized carbons (Fsp3) is 0.222. The lowest BCUT2D eigenvalue weighted by atomic mass is 9.78. The fourth-order valence-corrected chi connectivity index (χ4v) is 1.28. The second kappa shape index (κ2) is 3.56. The van der Waals surface area contributed by atoms with E-state index in [-0.39, 0.29) is 5.57 Å². The van der Waals surface area contributed by atoms with Crippen molar-refractivity contribution in [1.29, 1.82) is 0 Å². The second-order valence-electron chi connectivity index (χ2n) is 3.11. The maximum absolute atomic E-state index is 10.8. The Bertz CT molecular complexity index is 375. The first-order chi connectivity index (χ1) is 6.90. The van der Waals surface area contributed by atoms with Crippen LogP contribution in [0.4, 0.5) is 0 Å². The van der Waals surface area contributed by atoms with Crippen molar-refractivity contribution in [3.05, 3.63) is 23.8 Å². The van der Waals surface area contributed by atoms with Crippen LogP contribution >= 0.6 is 0 Å². The minimum Gasteiger partial charge on any atom is -0.480 e. The number of allylic oxidation sites excluding steroid dienone is 2. The van der Waals surface area contributed by atoms with Crippen molar-refractivity contribution in [1.82, 2.24) is 0 Å². The van der Waals surface area contributed by atoms with Crippen LogP contribution in [0.1, 0.15) is 6.42 Å². The van der Waals surface area contributed by atoms with Crippen molar-refractivity contribution in [2.24, 2.45) is 5.41 Å². The molecule has 0 radical (unpaired) electrons. The number of carboxylic acid groups (broad SMARTS) is 3. The zero-order valence-electron chi connectivity index (χ0n) is 7.51. The zero-order valence-corrected chi connectivity index (χ0v) is 7.51. The molecule has 15 heavy (non-hydrogen) atoms. The molecule has 0 atom stereocenters. The monoisotopic (exact) mass is 212 g/mol. The first kappa shape index (κ1) is 11.0. The first-order valence-electron chi connectivity index (χ1n) is 3.98. The molecule has 0 bridgehead atoms. The van der Waals surface area contributed by atoms with E-state index in [9.17, 15) is 14.4 Å². The van der Waals surface area contributed by atoms with Crippen LogP contribution in [-0.2, 0) is 14.4 Å². The topological polar surface area (TPSA) is 112 Å². The normalized spacial score (nSPS) is 18.0. The third-order valence-corrected chi connectivity index (χ3v) is 2.19. The van der Waals surface area contributed by atoms with Crippen molar-refractivity contribution in [2.75, 3.05) is 0 Å². The van der Waals surface area contributed by atoms with Crippen molar-refractivity contribution < 1.29 is 29.7 Å². The van der Waals surface area contributed by atoms with Gasteiger partial charge in [-0.3, -0.25) is 9.59 Å². The molecule has 1 rings (SSSR count). The molecule has 0 saturated heterocycles. The van der Waals surface area contributed by atoms with Gasteiger partial charge in [0.2, 0.25) is 0 Å². The number of carboxylic acids is 3. The van der Waals surface area contributed by atoms with Crippen LogP contribution in [0.3, 0.4) is 0 Å². The lowest BCUT2D eigenvalue weighted by Gasteiger charge is -2.23. The van der Waals surface area contributed by atoms with Crippen LogP contribution in [0.25, 0.3) is 0 Å². The molecular weight excluding hydrogens is 204 g/mol. The maximum atomic E-state index is 10.8. The maximum Gasteiger partial charge on any atom is 0.331 e. The minimum atomic E-state index is -2.16. The van der Waals surface area contributed by atoms with Crippen molar-refractivity contribution in [3.8, 4) is 0 Å². The van der Waals surface area contributed by atoms with Crippen LogP contribution in [0, 0.1) is 5.41 Å². The van der Waals surface area contributed by atoms with Crippen molar-refractivity contribution in [2.45, 2.75) is 6.42 Å². The quantitative estimate of drug-likeness (QED) is 0.572. The third kappa shape index (κ3) is 1.74. The molecule has 6 nitrogen and oxygen atoms in total. The second-order valence-corrected chi connectivity index (χ2v) is 3.11. The molecule has 0 aromatic heterocycles. The fourth-order valence-electron chi connectivity index (χ4n) is 1.28. The summed E-state index contributed by atoms with van der Waals surface area (Å²) in [4.78, 5) is 32.3. The Morgan fingerprint density at radius 3 is 2.07 bits per heavy atom. The molecule has 80 valence electrons. The summed E-state index contributed by atoms with van der Waals surface area (Å²) in [6.45, 7) is 0. The summed E-state index contributed by atoms with van der Waals surface area (Å²) in [7, 11) is 0. The van der Waals surface area contributed by atoms with Gasteiger partial charge in [-0.25, -0.2) is 4.79 Å². The number of hydrogen-bond donors (Lipinski definition) is 3.